The summed E-state index contributed by atoms with van der Waals surface area (Å²) in [7, 11) is 3.44. The molecule has 26 heavy (non-hydrogen) atoms. The van der Waals surface area contributed by atoms with E-state index in [0.717, 1.165) is 29.3 Å². The van der Waals surface area contributed by atoms with E-state index in [9.17, 15) is 0 Å². The van der Waals surface area contributed by atoms with E-state index in [2.05, 4.69) is 27.5 Å². The summed E-state index contributed by atoms with van der Waals surface area (Å²) in [6.07, 6.45) is 3.81. The van der Waals surface area contributed by atoms with Crippen LogP contribution in [0.1, 0.15) is 23.2 Å². The molecule has 2 N–H and O–H groups in total. The first kappa shape index (κ1) is 22.7. The second-order valence-electron chi connectivity index (χ2n) is 5.35. The summed E-state index contributed by atoms with van der Waals surface area (Å²) in [5.41, 5.74) is 0.922. The van der Waals surface area contributed by atoms with E-state index in [1.807, 2.05) is 30.5 Å². The third-order valence-electron chi connectivity index (χ3n) is 3.44. The van der Waals surface area contributed by atoms with Gasteiger partial charge in [-0.1, -0.05) is 13.0 Å². The molecular formula is C18H27IN4O2S. The van der Waals surface area contributed by atoms with Crippen LogP contribution in [0.15, 0.2) is 35.5 Å². The van der Waals surface area contributed by atoms with Crippen molar-refractivity contribution in [1.82, 2.24) is 10.3 Å². The largest absolute Gasteiger partial charge is 0.493 e. The minimum absolute atomic E-state index is 0. The Kier molecular flexibility index (Phi) is 11.2. The van der Waals surface area contributed by atoms with Gasteiger partial charge < -0.3 is 20.1 Å². The Balaban J connectivity index is 0.00000338. The van der Waals surface area contributed by atoms with Crippen molar-refractivity contribution in [2.45, 2.75) is 26.3 Å². The topological polar surface area (TPSA) is 67.8 Å². The number of nitrogens with zero attached hydrogens (tertiary/aromatic N) is 2. The molecule has 0 saturated carbocycles. The van der Waals surface area contributed by atoms with Crippen LogP contribution in [0.4, 0.5) is 5.69 Å². The highest BCUT2D eigenvalue weighted by Gasteiger charge is 2.04. The van der Waals surface area contributed by atoms with Gasteiger partial charge in [0.1, 0.15) is 10.8 Å². The van der Waals surface area contributed by atoms with Crippen molar-refractivity contribution in [3.05, 3.63) is 40.3 Å². The Labute approximate surface area is 176 Å². The molecule has 6 nitrogen and oxygen atoms in total. The van der Waals surface area contributed by atoms with Crippen LogP contribution in [0.5, 0.6) is 5.75 Å². The predicted molar refractivity (Wildman–Crippen MR) is 119 cm³/mol. The molecule has 0 saturated heterocycles. The number of guanidine groups is 1. The average Bonchev–Trinajstić information content (AvgIpc) is 3.11. The van der Waals surface area contributed by atoms with Crippen molar-refractivity contribution >= 4 is 47.0 Å². The standard InChI is InChI=1S/C18H26N4O2S.HI/c1-4-16-12-20-17(25-16)13-21-18(19-2)22-14-7-5-8-15(11-14)24-10-6-9-23-3;/h5,7-8,11-12H,4,6,9-10,13H2,1-3H3,(H2,19,21,22);1H. The van der Waals surface area contributed by atoms with Crippen LogP contribution in [-0.2, 0) is 17.7 Å². The minimum atomic E-state index is 0. The Morgan fingerprint density at radius 1 is 1.31 bits per heavy atom. The molecule has 0 radical (unpaired) electrons. The van der Waals surface area contributed by atoms with Gasteiger partial charge in [0.05, 0.1) is 13.2 Å². The number of hydrogen-bond donors (Lipinski definition) is 2. The number of aromatic nitrogens is 1. The molecule has 0 aliphatic rings. The third kappa shape index (κ3) is 7.88. The van der Waals surface area contributed by atoms with Crippen molar-refractivity contribution in [1.29, 1.82) is 0 Å². The predicted octanol–water partition coefficient (Wildman–Crippen LogP) is 3.93. The zero-order valence-corrected chi connectivity index (χ0v) is 18.6. The lowest BCUT2D eigenvalue weighted by Gasteiger charge is -2.12. The molecule has 144 valence electrons. The minimum Gasteiger partial charge on any atom is -0.493 e. The summed E-state index contributed by atoms with van der Waals surface area (Å²) in [6.45, 7) is 4.12. The molecule has 1 heterocycles. The maximum atomic E-state index is 5.72. The smallest absolute Gasteiger partial charge is 0.195 e. The first-order valence-corrected chi connectivity index (χ1v) is 9.19. The molecule has 0 spiro atoms. The highest BCUT2D eigenvalue weighted by atomic mass is 127. The summed E-state index contributed by atoms with van der Waals surface area (Å²) in [4.78, 5) is 9.95. The second kappa shape index (κ2) is 12.9. The third-order valence-corrected chi connectivity index (χ3v) is 4.58. The summed E-state index contributed by atoms with van der Waals surface area (Å²) in [5, 5.41) is 7.60. The number of rotatable bonds is 9. The molecule has 2 rings (SSSR count). The normalized spacial score (nSPS) is 11.0. The van der Waals surface area contributed by atoms with Gasteiger partial charge in [0, 0.05) is 50.0 Å². The van der Waals surface area contributed by atoms with E-state index >= 15 is 0 Å². The number of nitrogens with one attached hydrogen (secondary N) is 2. The number of ether oxygens (including phenoxy) is 2. The number of halogens is 1. The Hall–Kier alpha value is -1.39. The van der Waals surface area contributed by atoms with Crippen molar-refractivity contribution in [3.63, 3.8) is 0 Å². The molecule has 0 aliphatic carbocycles. The fourth-order valence-corrected chi connectivity index (χ4v) is 2.93. The number of anilines is 1. The van der Waals surface area contributed by atoms with Crippen molar-refractivity contribution in [2.75, 3.05) is 32.7 Å². The summed E-state index contributed by atoms with van der Waals surface area (Å²) < 4.78 is 10.7. The number of hydrogen-bond acceptors (Lipinski definition) is 5. The van der Waals surface area contributed by atoms with E-state index < -0.39 is 0 Å². The Morgan fingerprint density at radius 3 is 2.85 bits per heavy atom. The van der Waals surface area contributed by atoms with E-state index in [0.29, 0.717) is 25.7 Å². The maximum Gasteiger partial charge on any atom is 0.195 e. The van der Waals surface area contributed by atoms with Crippen LogP contribution in [0.25, 0.3) is 0 Å². The summed E-state index contributed by atoms with van der Waals surface area (Å²) in [5.74, 6) is 1.52. The van der Waals surface area contributed by atoms with Gasteiger partial charge in [-0.25, -0.2) is 4.98 Å². The van der Waals surface area contributed by atoms with Crippen LogP contribution in [0.2, 0.25) is 0 Å². The van der Waals surface area contributed by atoms with E-state index in [1.165, 1.54) is 4.88 Å². The zero-order chi connectivity index (χ0) is 17.9. The lowest BCUT2D eigenvalue weighted by atomic mass is 10.3. The van der Waals surface area contributed by atoms with Crippen LogP contribution in [0, 0.1) is 0 Å². The second-order valence-corrected chi connectivity index (χ2v) is 6.55. The molecule has 0 bridgehead atoms. The van der Waals surface area contributed by atoms with Crippen LogP contribution in [0.3, 0.4) is 0 Å². The molecule has 0 fully saturated rings. The number of benzene rings is 1. The molecular weight excluding hydrogens is 463 g/mol. The maximum absolute atomic E-state index is 5.72. The van der Waals surface area contributed by atoms with E-state index in [4.69, 9.17) is 9.47 Å². The van der Waals surface area contributed by atoms with E-state index in [1.54, 1.807) is 25.5 Å². The monoisotopic (exact) mass is 490 g/mol. The van der Waals surface area contributed by atoms with Gasteiger partial charge in [-0.05, 0) is 18.6 Å². The van der Waals surface area contributed by atoms with Gasteiger partial charge in [0.2, 0.25) is 0 Å². The fourth-order valence-electron chi connectivity index (χ4n) is 2.13. The molecule has 1 aromatic heterocycles. The van der Waals surface area contributed by atoms with Crippen LogP contribution in [-0.4, -0.2) is 38.3 Å². The molecule has 0 aliphatic heterocycles. The molecule has 0 unspecified atom stereocenters. The SMILES string of the molecule is CCc1cnc(CNC(=NC)Nc2cccc(OCCCOC)c2)s1.I. The number of thiazole rings is 1. The van der Waals surface area contributed by atoms with Gasteiger partial charge >= 0.3 is 0 Å². The van der Waals surface area contributed by atoms with Gasteiger partial charge in [0.25, 0.3) is 0 Å². The van der Waals surface area contributed by atoms with Gasteiger partial charge in [0.15, 0.2) is 5.96 Å². The Morgan fingerprint density at radius 2 is 2.15 bits per heavy atom. The first-order chi connectivity index (χ1) is 12.2. The van der Waals surface area contributed by atoms with Crippen molar-refractivity contribution in [3.8, 4) is 5.75 Å². The lowest BCUT2D eigenvalue weighted by Crippen LogP contribution is -2.30. The zero-order valence-electron chi connectivity index (χ0n) is 15.4. The Bertz CT molecular complexity index is 679. The highest BCUT2D eigenvalue weighted by Crippen LogP contribution is 2.18. The molecule has 8 heteroatoms. The number of aliphatic imine (C=N–C) groups is 1. The van der Waals surface area contributed by atoms with Crippen molar-refractivity contribution < 1.29 is 9.47 Å². The van der Waals surface area contributed by atoms with Crippen LogP contribution < -0.4 is 15.4 Å². The van der Waals surface area contributed by atoms with Gasteiger partial charge in [-0.15, -0.1) is 35.3 Å². The summed E-state index contributed by atoms with van der Waals surface area (Å²) in [6, 6.07) is 7.83. The van der Waals surface area contributed by atoms with Gasteiger partial charge in [-0.2, -0.15) is 0 Å². The number of methoxy groups -OCH3 is 1. The quantitative estimate of drug-likeness (QED) is 0.241. The average molecular weight is 490 g/mol. The fraction of sp³-hybridized carbons (Fsp3) is 0.444. The van der Waals surface area contributed by atoms with Gasteiger partial charge in [-0.3, -0.25) is 4.99 Å². The molecule has 0 amide bonds. The van der Waals surface area contributed by atoms with Crippen molar-refractivity contribution in [2.24, 2.45) is 4.99 Å². The molecule has 0 atom stereocenters. The lowest BCUT2D eigenvalue weighted by molar-refractivity contribution is 0.172. The first-order valence-electron chi connectivity index (χ1n) is 8.38. The highest BCUT2D eigenvalue weighted by molar-refractivity contribution is 14.0. The van der Waals surface area contributed by atoms with E-state index in [-0.39, 0.29) is 24.0 Å². The molecule has 2 aromatic rings. The summed E-state index contributed by atoms with van der Waals surface area (Å²) >= 11 is 1.72. The molecule has 1 aromatic carbocycles. The van der Waals surface area contributed by atoms with Crippen LogP contribution >= 0.6 is 35.3 Å². The number of aryl methyl sites for hydroxylation is 1.